The van der Waals surface area contributed by atoms with Crippen LogP contribution in [0.25, 0.3) is 0 Å². The van der Waals surface area contributed by atoms with Crippen molar-refractivity contribution >= 4 is 11.9 Å². The average Bonchev–Trinajstić information content (AvgIpc) is 3.08. The summed E-state index contributed by atoms with van der Waals surface area (Å²) in [5.74, 6) is -1.81. The Labute approximate surface area is 325 Å². The van der Waals surface area contributed by atoms with Gasteiger partial charge in [0.2, 0.25) is 0 Å². The molecule has 0 bridgehead atoms. The minimum absolute atomic E-state index is 0. The smallest absolute Gasteiger partial charge is 0.550 e. The third kappa shape index (κ3) is 78.2. The van der Waals surface area contributed by atoms with Crippen molar-refractivity contribution in [3.05, 3.63) is 0 Å². The number of rotatable bonds is 34. The first-order valence-corrected chi connectivity index (χ1v) is 21.0. The molecule has 0 atom stereocenters. The molecule has 6 nitrogen and oxygen atoms in total. The maximum absolute atomic E-state index is 10.2. The number of carboxylic acid groups (broad SMARTS) is 2. The van der Waals surface area contributed by atoms with E-state index in [2.05, 4.69) is 13.8 Å². The molecule has 0 aromatic rings. The number of hydrogen-bond acceptors (Lipinski definition) is 6. The topological polar surface area (TPSA) is 121 Å². The maximum Gasteiger partial charge on any atom is 2.00 e. The van der Waals surface area contributed by atoms with Gasteiger partial charge < -0.3 is 30.0 Å². The zero-order valence-corrected chi connectivity index (χ0v) is 35.9. The summed E-state index contributed by atoms with van der Waals surface area (Å²) in [7, 11) is 0. The fraction of sp³-hybridized carbons (Fsp3) is 0.952. The Hall–Kier alpha value is -0.257. The zero-order valence-electron chi connectivity index (χ0n) is 33.5. The molecule has 0 rings (SSSR count). The summed E-state index contributed by atoms with van der Waals surface area (Å²) >= 11 is 0. The van der Waals surface area contributed by atoms with Crippen LogP contribution in [0.15, 0.2) is 0 Å². The van der Waals surface area contributed by atoms with Crippen LogP contribution < -0.4 is 10.2 Å². The monoisotopic (exact) mass is 777 g/mol. The predicted octanol–water partition coefficient (Wildman–Crippen LogP) is 10.8. The van der Waals surface area contributed by atoms with Gasteiger partial charge in [0.15, 0.2) is 0 Å². The molecule has 49 heavy (non-hydrogen) atoms. The van der Waals surface area contributed by atoms with Crippen LogP contribution in [0.2, 0.25) is 0 Å². The second-order valence-corrected chi connectivity index (χ2v) is 13.6. The molecule has 294 valence electrons. The largest absolute Gasteiger partial charge is 2.00 e. The van der Waals surface area contributed by atoms with Crippen LogP contribution in [0.1, 0.15) is 246 Å². The van der Waals surface area contributed by atoms with E-state index < -0.39 is 11.9 Å². The third-order valence-electron chi connectivity index (χ3n) is 8.42. The van der Waals surface area contributed by atoms with Crippen LogP contribution in [-0.2, 0) is 35.8 Å². The van der Waals surface area contributed by atoms with E-state index in [0.29, 0.717) is 13.2 Å². The van der Waals surface area contributed by atoms with Crippen LogP contribution >= 0.6 is 0 Å². The zero-order chi connectivity index (χ0) is 36.6. The van der Waals surface area contributed by atoms with Gasteiger partial charge in [0.25, 0.3) is 0 Å². The Morgan fingerprint density at radius 1 is 0.327 bits per heavy atom. The van der Waals surface area contributed by atoms with E-state index in [1.807, 2.05) is 13.8 Å². The summed E-state index contributed by atoms with van der Waals surface area (Å²) in [6, 6.07) is 0. The van der Waals surface area contributed by atoms with Crippen molar-refractivity contribution in [2.24, 2.45) is 0 Å². The average molecular weight is 778 g/mol. The summed E-state index contributed by atoms with van der Waals surface area (Å²) in [5, 5.41) is 36.2. The van der Waals surface area contributed by atoms with E-state index >= 15 is 0 Å². The fourth-order valence-corrected chi connectivity index (χ4v) is 5.28. The van der Waals surface area contributed by atoms with E-state index in [-0.39, 0.29) is 39.0 Å². The standard InChI is InChI=1S/2C18H36O2.2C3H8O.Zr/c2*1-2-3-4-5-6-7-8-9-10-11-12-13-14-15-16-17-18(19)20;2*1-2-3-4;/h2*2-17H2,1H3,(H,19,20);2*4H,2-3H2,1H3;/q;;;;+2/p-2. The molecule has 0 aliphatic rings. The number of aliphatic hydroxyl groups excluding tert-OH is 2. The number of carbonyl (C=O) groups excluding carboxylic acids is 2. The van der Waals surface area contributed by atoms with E-state index in [9.17, 15) is 19.8 Å². The van der Waals surface area contributed by atoms with Crippen molar-refractivity contribution in [1.29, 1.82) is 0 Å². The molecule has 0 unspecified atom stereocenters. The van der Waals surface area contributed by atoms with E-state index in [0.717, 1.165) is 38.5 Å². The summed E-state index contributed by atoms with van der Waals surface area (Å²) < 4.78 is 0. The molecule has 0 saturated carbocycles. The van der Waals surface area contributed by atoms with Crippen molar-refractivity contribution in [3.8, 4) is 0 Å². The van der Waals surface area contributed by atoms with Gasteiger partial charge in [-0.15, -0.1) is 0 Å². The van der Waals surface area contributed by atoms with Crippen molar-refractivity contribution in [2.75, 3.05) is 13.2 Å². The second-order valence-electron chi connectivity index (χ2n) is 13.6. The molecular formula is C42H86O6Zr. The predicted molar refractivity (Wildman–Crippen MR) is 204 cm³/mol. The van der Waals surface area contributed by atoms with Gasteiger partial charge in [-0.25, -0.2) is 0 Å². The molecule has 0 aliphatic carbocycles. The van der Waals surface area contributed by atoms with Gasteiger partial charge in [0.05, 0.1) is 0 Å². The van der Waals surface area contributed by atoms with Crippen molar-refractivity contribution < 1.29 is 56.2 Å². The number of aliphatic carboxylic acids is 2. The second kappa shape index (κ2) is 59.9. The van der Waals surface area contributed by atoms with Gasteiger partial charge in [0, 0.05) is 25.2 Å². The molecule has 2 N–H and O–H groups in total. The van der Waals surface area contributed by atoms with E-state index in [1.165, 1.54) is 167 Å². The first-order valence-electron chi connectivity index (χ1n) is 21.0. The first-order chi connectivity index (χ1) is 23.4. The Morgan fingerprint density at radius 2 is 0.469 bits per heavy atom. The van der Waals surface area contributed by atoms with Crippen LogP contribution in [0, 0.1) is 0 Å². The van der Waals surface area contributed by atoms with Gasteiger partial charge in [-0.3, -0.25) is 0 Å². The van der Waals surface area contributed by atoms with Gasteiger partial charge >= 0.3 is 26.2 Å². The Bertz CT molecular complexity index is 509. The van der Waals surface area contributed by atoms with Gasteiger partial charge in [-0.1, -0.05) is 207 Å². The normalized spacial score (nSPS) is 10.1. The molecule has 0 amide bonds. The van der Waals surface area contributed by atoms with Gasteiger partial charge in [-0.05, 0) is 38.5 Å². The van der Waals surface area contributed by atoms with Crippen LogP contribution in [0.4, 0.5) is 0 Å². The Kier molecular flexibility index (Phi) is 70.9. The number of unbranched alkanes of at least 4 members (excludes halogenated alkanes) is 28. The van der Waals surface area contributed by atoms with E-state index in [4.69, 9.17) is 10.2 Å². The molecule has 0 fully saturated rings. The summed E-state index contributed by atoms with van der Waals surface area (Å²) in [4.78, 5) is 20.4. The summed E-state index contributed by atoms with van der Waals surface area (Å²) in [5.41, 5.74) is 0. The first kappa shape index (κ1) is 58.1. The maximum atomic E-state index is 10.2. The molecular weight excluding hydrogens is 692 g/mol. The molecule has 0 spiro atoms. The SMILES string of the molecule is CCCCCCCCCCCCCCCCCC(=O)[O-].CCCCCCCCCCCCCCCCCC(=O)[O-].CCCO.CCCO.[Zr+2]. The molecule has 0 heterocycles. The van der Waals surface area contributed by atoms with E-state index in [1.54, 1.807) is 0 Å². The Balaban J connectivity index is -0.000000212. The van der Waals surface area contributed by atoms with Crippen molar-refractivity contribution in [1.82, 2.24) is 0 Å². The fourth-order valence-electron chi connectivity index (χ4n) is 5.28. The minimum atomic E-state index is -0.903. The Morgan fingerprint density at radius 3 is 0.592 bits per heavy atom. The number of aliphatic hydroxyl groups is 2. The van der Waals surface area contributed by atoms with Crippen LogP contribution in [0.3, 0.4) is 0 Å². The molecule has 0 saturated heterocycles. The third-order valence-corrected chi connectivity index (χ3v) is 8.42. The molecule has 0 radical (unpaired) electrons. The van der Waals surface area contributed by atoms with Crippen molar-refractivity contribution in [2.45, 2.75) is 246 Å². The molecule has 0 aromatic heterocycles. The van der Waals surface area contributed by atoms with Gasteiger partial charge in [-0.2, -0.15) is 0 Å². The van der Waals surface area contributed by atoms with Crippen molar-refractivity contribution in [3.63, 3.8) is 0 Å². The molecule has 0 aromatic carbocycles. The molecule has 7 heteroatoms. The summed E-state index contributed by atoms with van der Waals surface area (Å²) in [6.45, 7) is 9.03. The quantitative estimate of drug-likeness (QED) is 0.0628. The minimum Gasteiger partial charge on any atom is -0.550 e. The number of carbonyl (C=O) groups is 2. The number of hydrogen-bond donors (Lipinski definition) is 2. The number of carboxylic acids is 2. The van der Waals surface area contributed by atoms with Crippen LogP contribution in [0.5, 0.6) is 0 Å². The summed E-state index contributed by atoms with van der Waals surface area (Å²) in [6.07, 6.45) is 41.5. The molecule has 0 aliphatic heterocycles. The van der Waals surface area contributed by atoms with Crippen LogP contribution in [-0.4, -0.2) is 35.4 Å². The van der Waals surface area contributed by atoms with Gasteiger partial charge in [0.1, 0.15) is 0 Å².